The fraction of sp³-hybridized carbons (Fsp3) is 0.448. The molecule has 2 fully saturated rings. The van der Waals surface area contributed by atoms with E-state index in [9.17, 15) is 14.7 Å². The van der Waals surface area contributed by atoms with E-state index < -0.39 is 5.60 Å². The van der Waals surface area contributed by atoms with Crippen molar-refractivity contribution in [3.05, 3.63) is 65.2 Å². The Hall–Kier alpha value is -3.34. The highest BCUT2D eigenvalue weighted by molar-refractivity contribution is 5.96. The number of amides is 2. The van der Waals surface area contributed by atoms with Gasteiger partial charge >= 0.3 is 0 Å². The lowest BCUT2D eigenvalue weighted by Crippen LogP contribution is -2.39. The van der Waals surface area contributed by atoms with Crippen LogP contribution in [-0.2, 0) is 16.1 Å². The monoisotopic (exact) mass is 490 g/mol. The molecule has 0 spiro atoms. The molecular weight excluding hydrogens is 456 g/mol. The number of rotatable bonds is 7. The summed E-state index contributed by atoms with van der Waals surface area (Å²) in [6, 6.07) is 14.6. The highest BCUT2D eigenvalue weighted by Gasteiger charge is 2.33. The molecule has 1 heterocycles. The molecule has 0 aromatic heterocycles. The van der Waals surface area contributed by atoms with E-state index in [0.29, 0.717) is 43.3 Å². The molecule has 1 saturated carbocycles. The van der Waals surface area contributed by atoms with Crippen LogP contribution >= 0.6 is 0 Å². The van der Waals surface area contributed by atoms with Crippen molar-refractivity contribution in [1.29, 1.82) is 0 Å². The van der Waals surface area contributed by atoms with E-state index >= 15 is 0 Å². The smallest absolute Gasteiger partial charge is 0.254 e. The van der Waals surface area contributed by atoms with Gasteiger partial charge in [0.2, 0.25) is 5.91 Å². The average Bonchev–Trinajstić information content (AvgIpc) is 3.70. The summed E-state index contributed by atoms with van der Waals surface area (Å²) in [5.74, 6) is 6.67. The first kappa shape index (κ1) is 25.7. The topological polar surface area (TPSA) is 79.3 Å². The van der Waals surface area contributed by atoms with E-state index in [1.54, 1.807) is 55.0 Å². The Morgan fingerprint density at radius 2 is 1.89 bits per heavy atom. The van der Waals surface area contributed by atoms with Crippen molar-refractivity contribution in [2.24, 2.45) is 5.92 Å². The standard InChI is InChI=1S/C29H34N2O5/c1-29(2,34)14-13-21-9-11-24(12-10-21)28(33)31-18-26(36-20-22-7-8-22)17-30(27(32)19-31)16-23-5-4-6-25(15-23)35-3/h4-6,9-12,15,22,26,34H,7-8,16-20H2,1-3H3/t26-/m0/s1. The molecule has 1 saturated heterocycles. The van der Waals surface area contributed by atoms with Crippen LogP contribution < -0.4 is 4.74 Å². The van der Waals surface area contributed by atoms with E-state index in [2.05, 4.69) is 11.8 Å². The summed E-state index contributed by atoms with van der Waals surface area (Å²) in [5.41, 5.74) is 1.06. The van der Waals surface area contributed by atoms with Gasteiger partial charge in [-0.2, -0.15) is 0 Å². The molecule has 7 nitrogen and oxygen atoms in total. The van der Waals surface area contributed by atoms with Crippen molar-refractivity contribution in [3.63, 3.8) is 0 Å². The summed E-state index contributed by atoms with van der Waals surface area (Å²) in [6.07, 6.45) is 2.08. The van der Waals surface area contributed by atoms with E-state index in [1.165, 1.54) is 12.8 Å². The van der Waals surface area contributed by atoms with Gasteiger partial charge in [-0.15, -0.1) is 0 Å². The molecule has 2 amide bonds. The molecule has 0 unspecified atom stereocenters. The van der Waals surface area contributed by atoms with Crippen LogP contribution in [0.25, 0.3) is 0 Å². The SMILES string of the molecule is COc1cccc(CN2C[C@H](OCC3CC3)CN(C(=O)c3ccc(C#CC(C)(C)O)cc3)CC2=O)c1. The van der Waals surface area contributed by atoms with E-state index in [4.69, 9.17) is 9.47 Å². The number of nitrogens with zero attached hydrogens (tertiary/aromatic N) is 2. The molecule has 1 N–H and O–H groups in total. The molecule has 1 atom stereocenters. The molecule has 4 rings (SSSR count). The molecule has 190 valence electrons. The van der Waals surface area contributed by atoms with Gasteiger partial charge in [-0.05, 0) is 74.6 Å². The van der Waals surface area contributed by atoms with Crippen LogP contribution in [0, 0.1) is 17.8 Å². The summed E-state index contributed by atoms with van der Waals surface area (Å²) < 4.78 is 11.5. The molecule has 2 aliphatic rings. The van der Waals surface area contributed by atoms with Gasteiger partial charge in [0.15, 0.2) is 0 Å². The zero-order valence-corrected chi connectivity index (χ0v) is 21.2. The first-order chi connectivity index (χ1) is 17.2. The van der Waals surface area contributed by atoms with E-state index in [-0.39, 0.29) is 24.5 Å². The quantitative estimate of drug-likeness (QED) is 0.604. The zero-order chi connectivity index (χ0) is 25.7. The van der Waals surface area contributed by atoms with Gasteiger partial charge in [-0.25, -0.2) is 0 Å². The molecule has 2 aromatic rings. The van der Waals surface area contributed by atoms with Crippen LogP contribution in [0.3, 0.4) is 0 Å². The molecule has 1 aliphatic heterocycles. The third-order valence-corrected chi connectivity index (χ3v) is 6.23. The van der Waals surface area contributed by atoms with Crippen LogP contribution in [0.15, 0.2) is 48.5 Å². The fourth-order valence-corrected chi connectivity index (χ4v) is 4.04. The predicted molar refractivity (Wildman–Crippen MR) is 136 cm³/mol. The van der Waals surface area contributed by atoms with Crippen LogP contribution in [-0.4, -0.2) is 71.8 Å². The first-order valence-corrected chi connectivity index (χ1v) is 12.4. The molecule has 36 heavy (non-hydrogen) atoms. The van der Waals surface area contributed by atoms with Crippen LogP contribution in [0.1, 0.15) is 48.2 Å². The van der Waals surface area contributed by atoms with Gasteiger partial charge in [-0.1, -0.05) is 24.0 Å². The minimum Gasteiger partial charge on any atom is -0.497 e. The highest BCUT2D eigenvalue weighted by atomic mass is 16.5. The number of benzene rings is 2. The normalized spacial score (nSPS) is 18.3. The Labute approximate surface area is 213 Å². The van der Waals surface area contributed by atoms with E-state index in [0.717, 1.165) is 11.3 Å². The summed E-state index contributed by atoms with van der Waals surface area (Å²) in [6.45, 7) is 5.09. The predicted octanol–water partition coefficient (Wildman–Crippen LogP) is 3.10. The number of hydrogen-bond acceptors (Lipinski definition) is 5. The van der Waals surface area contributed by atoms with Crippen molar-refractivity contribution in [2.45, 2.75) is 44.9 Å². The second-order valence-corrected chi connectivity index (χ2v) is 10.1. The van der Waals surface area contributed by atoms with Crippen molar-refractivity contribution in [1.82, 2.24) is 9.80 Å². The third kappa shape index (κ3) is 7.33. The maximum atomic E-state index is 13.4. The number of methoxy groups -OCH3 is 1. The third-order valence-electron chi connectivity index (χ3n) is 6.23. The largest absolute Gasteiger partial charge is 0.497 e. The number of aliphatic hydroxyl groups is 1. The summed E-state index contributed by atoms with van der Waals surface area (Å²) >= 11 is 0. The maximum absolute atomic E-state index is 13.4. The van der Waals surface area contributed by atoms with Gasteiger partial charge in [-0.3, -0.25) is 9.59 Å². The highest BCUT2D eigenvalue weighted by Crippen LogP contribution is 2.29. The minimum atomic E-state index is -1.09. The van der Waals surface area contributed by atoms with Crippen LogP contribution in [0.4, 0.5) is 0 Å². The summed E-state index contributed by atoms with van der Waals surface area (Å²) in [4.78, 5) is 30.0. The van der Waals surface area contributed by atoms with Gasteiger partial charge in [0.25, 0.3) is 5.91 Å². The average molecular weight is 491 g/mol. The van der Waals surface area contributed by atoms with Crippen LogP contribution in [0.5, 0.6) is 5.75 Å². The van der Waals surface area contributed by atoms with Crippen molar-refractivity contribution in [2.75, 3.05) is 33.4 Å². The lowest BCUT2D eigenvalue weighted by molar-refractivity contribution is -0.132. The Morgan fingerprint density at radius 3 is 2.56 bits per heavy atom. The number of carbonyl (C=O) groups is 2. The Kier molecular flexibility index (Phi) is 7.97. The Morgan fingerprint density at radius 1 is 1.14 bits per heavy atom. The number of carbonyl (C=O) groups excluding carboxylic acids is 2. The van der Waals surface area contributed by atoms with Crippen molar-refractivity contribution >= 4 is 11.8 Å². The van der Waals surface area contributed by atoms with Crippen LogP contribution in [0.2, 0.25) is 0 Å². The molecule has 7 heteroatoms. The molecule has 0 bridgehead atoms. The lowest BCUT2D eigenvalue weighted by atomic mass is 10.1. The van der Waals surface area contributed by atoms with Crippen molar-refractivity contribution in [3.8, 4) is 17.6 Å². The summed E-state index contributed by atoms with van der Waals surface area (Å²) in [5, 5.41) is 9.80. The molecule has 2 aromatic carbocycles. The zero-order valence-electron chi connectivity index (χ0n) is 21.2. The Bertz CT molecular complexity index is 1140. The van der Waals surface area contributed by atoms with Gasteiger partial charge < -0.3 is 24.4 Å². The van der Waals surface area contributed by atoms with Crippen molar-refractivity contribution < 1.29 is 24.2 Å². The maximum Gasteiger partial charge on any atom is 0.254 e. The fourth-order valence-electron chi connectivity index (χ4n) is 4.04. The van der Waals surface area contributed by atoms with E-state index in [1.807, 2.05) is 24.3 Å². The number of ether oxygens (including phenoxy) is 2. The number of hydrogen-bond donors (Lipinski definition) is 1. The summed E-state index contributed by atoms with van der Waals surface area (Å²) in [7, 11) is 1.62. The molecule has 1 aliphatic carbocycles. The molecular formula is C29H34N2O5. The van der Waals surface area contributed by atoms with Gasteiger partial charge in [0.05, 0.1) is 13.2 Å². The van der Waals surface area contributed by atoms with Gasteiger partial charge in [0.1, 0.15) is 17.9 Å². The Balaban J connectivity index is 1.49. The lowest BCUT2D eigenvalue weighted by Gasteiger charge is -2.25. The minimum absolute atomic E-state index is 0.00759. The first-order valence-electron chi connectivity index (χ1n) is 12.4. The molecule has 0 radical (unpaired) electrons. The second kappa shape index (κ2) is 11.2. The van der Waals surface area contributed by atoms with Gasteiger partial charge in [0, 0.05) is 37.4 Å². The second-order valence-electron chi connectivity index (χ2n) is 10.1.